The van der Waals surface area contributed by atoms with Gasteiger partial charge in [-0.15, -0.1) is 11.3 Å². The lowest BCUT2D eigenvalue weighted by atomic mass is 9.87. The lowest BCUT2D eigenvalue weighted by molar-refractivity contribution is 0.0548. The topological polar surface area (TPSA) is 36.4 Å². The fraction of sp³-hybridized carbons (Fsp3) is 0.444. The van der Waals surface area contributed by atoms with Crippen LogP contribution in [-0.2, 0) is 12.8 Å². The molecule has 1 amide bonds. The fourth-order valence-corrected chi connectivity index (χ4v) is 4.29. The summed E-state index contributed by atoms with van der Waals surface area (Å²) in [5.41, 5.74) is 5.34. The number of amides is 1. The number of hydrogen-bond donors (Lipinski definition) is 0. The first kappa shape index (κ1) is 14.8. The Labute approximate surface area is 140 Å². The van der Waals surface area contributed by atoms with Gasteiger partial charge in [-0.3, -0.25) is 9.69 Å². The maximum absolute atomic E-state index is 12.4. The third kappa shape index (κ3) is 3.03. The number of carbonyl (C=O) groups is 1. The van der Waals surface area contributed by atoms with Crippen LogP contribution in [0.3, 0.4) is 0 Å². The average Bonchev–Trinajstić information content (AvgIpc) is 3.15. The number of benzene rings is 1. The van der Waals surface area contributed by atoms with Crippen LogP contribution in [0.4, 0.5) is 0 Å². The highest BCUT2D eigenvalue weighted by Gasteiger charge is 2.29. The van der Waals surface area contributed by atoms with Gasteiger partial charge in [0.1, 0.15) is 5.69 Å². The van der Waals surface area contributed by atoms with Gasteiger partial charge in [0, 0.05) is 37.6 Å². The SMILES string of the molecule is O=C(c1cscn1)N1CCN([C@H]2CCc3ccccc3C2)CC1. The minimum Gasteiger partial charge on any atom is -0.335 e. The van der Waals surface area contributed by atoms with E-state index in [0.29, 0.717) is 11.7 Å². The molecule has 0 radical (unpaired) electrons. The van der Waals surface area contributed by atoms with Crippen LogP contribution in [0.15, 0.2) is 35.2 Å². The van der Waals surface area contributed by atoms with E-state index in [2.05, 4.69) is 34.1 Å². The molecule has 1 aliphatic carbocycles. The summed E-state index contributed by atoms with van der Waals surface area (Å²) >= 11 is 1.48. The molecule has 0 saturated carbocycles. The van der Waals surface area contributed by atoms with Crippen LogP contribution in [0.5, 0.6) is 0 Å². The van der Waals surface area contributed by atoms with Crippen LogP contribution in [0.2, 0.25) is 0 Å². The van der Waals surface area contributed by atoms with Crippen molar-refractivity contribution >= 4 is 17.2 Å². The Morgan fingerprint density at radius 3 is 2.65 bits per heavy atom. The second kappa shape index (κ2) is 6.42. The lowest BCUT2D eigenvalue weighted by Gasteiger charge is -2.41. The van der Waals surface area contributed by atoms with E-state index in [1.807, 2.05) is 10.3 Å². The van der Waals surface area contributed by atoms with Crippen LogP contribution in [0.25, 0.3) is 0 Å². The van der Waals surface area contributed by atoms with E-state index in [4.69, 9.17) is 0 Å². The first-order valence-electron chi connectivity index (χ1n) is 8.29. The number of nitrogens with zero attached hydrogens (tertiary/aromatic N) is 3. The molecule has 2 heterocycles. The van der Waals surface area contributed by atoms with Gasteiger partial charge < -0.3 is 4.90 Å². The Hall–Kier alpha value is -1.72. The molecule has 0 spiro atoms. The number of aromatic nitrogens is 1. The highest BCUT2D eigenvalue weighted by molar-refractivity contribution is 7.07. The zero-order valence-electron chi connectivity index (χ0n) is 13.1. The van der Waals surface area contributed by atoms with Crippen molar-refractivity contribution in [2.45, 2.75) is 25.3 Å². The zero-order valence-corrected chi connectivity index (χ0v) is 14.0. The van der Waals surface area contributed by atoms with E-state index >= 15 is 0 Å². The number of carbonyl (C=O) groups excluding carboxylic acids is 1. The molecule has 1 aromatic heterocycles. The van der Waals surface area contributed by atoms with Crippen molar-refractivity contribution in [2.75, 3.05) is 26.2 Å². The molecule has 5 heteroatoms. The molecular formula is C18H21N3OS. The van der Waals surface area contributed by atoms with Crippen molar-refractivity contribution in [1.82, 2.24) is 14.8 Å². The number of rotatable bonds is 2. The minimum absolute atomic E-state index is 0.0832. The summed E-state index contributed by atoms with van der Waals surface area (Å²) in [7, 11) is 0. The molecule has 1 atom stereocenters. The highest BCUT2D eigenvalue weighted by atomic mass is 32.1. The molecule has 0 N–H and O–H groups in total. The Balaban J connectivity index is 1.36. The standard InChI is InChI=1S/C18H21N3OS/c22-18(17-12-23-13-19-17)21-9-7-20(8-10-21)16-6-5-14-3-1-2-4-15(14)11-16/h1-4,12-13,16H,5-11H2/t16-/m0/s1. The molecule has 0 bridgehead atoms. The summed E-state index contributed by atoms with van der Waals surface area (Å²) < 4.78 is 0. The van der Waals surface area contributed by atoms with Gasteiger partial charge >= 0.3 is 0 Å². The van der Waals surface area contributed by atoms with Crippen molar-refractivity contribution in [3.05, 3.63) is 52.0 Å². The Kier molecular flexibility index (Phi) is 4.14. The van der Waals surface area contributed by atoms with Gasteiger partial charge in [-0.1, -0.05) is 24.3 Å². The molecule has 1 aliphatic heterocycles. The molecule has 120 valence electrons. The van der Waals surface area contributed by atoms with Crippen LogP contribution in [0, 0.1) is 0 Å². The summed E-state index contributed by atoms with van der Waals surface area (Å²) in [4.78, 5) is 21.0. The van der Waals surface area contributed by atoms with Gasteiger partial charge in [0.2, 0.25) is 0 Å². The van der Waals surface area contributed by atoms with Gasteiger partial charge in [-0.2, -0.15) is 0 Å². The predicted octanol–water partition coefficient (Wildman–Crippen LogP) is 2.46. The minimum atomic E-state index is 0.0832. The van der Waals surface area contributed by atoms with Crippen molar-refractivity contribution in [2.24, 2.45) is 0 Å². The monoisotopic (exact) mass is 327 g/mol. The smallest absolute Gasteiger partial charge is 0.273 e. The molecule has 2 aliphatic rings. The van der Waals surface area contributed by atoms with E-state index in [-0.39, 0.29) is 5.91 Å². The van der Waals surface area contributed by atoms with Crippen molar-refractivity contribution in [3.63, 3.8) is 0 Å². The fourth-order valence-electron chi connectivity index (χ4n) is 3.76. The Morgan fingerprint density at radius 2 is 1.91 bits per heavy atom. The summed E-state index contributed by atoms with van der Waals surface area (Å²) in [5.74, 6) is 0.0832. The first-order valence-corrected chi connectivity index (χ1v) is 9.24. The van der Waals surface area contributed by atoms with Gasteiger partial charge in [0.05, 0.1) is 5.51 Å². The average molecular weight is 327 g/mol. The highest BCUT2D eigenvalue weighted by Crippen LogP contribution is 2.25. The van der Waals surface area contributed by atoms with Crippen LogP contribution in [0.1, 0.15) is 28.0 Å². The lowest BCUT2D eigenvalue weighted by Crippen LogP contribution is -2.53. The maximum Gasteiger partial charge on any atom is 0.273 e. The third-order valence-electron chi connectivity index (χ3n) is 5.09. The number of aryl methyl sites for hydroxylation is 1. The summed E-state index contributed by atoms with van der Waals surface area (Å²) in [6.45, 7) is 3.58. The van der Waals surface area contributed by atoms with Crippen molar-refractivity contribution in [1.29, 1.82) is 0 Å². The molecule has 1 saturated heterocycles. The van der Waals surface area contributed by atoms with E-state index in [0.717, 1.165) is 32.6 Å². The van der Waals surface area contributed by atoms with Gasteiger partial charge in [-0.05, 0) is 30.4 Å². The Bertz CT molecular complexity index is 677. The molecule has 1 aromatic carbocycles. The summed E-state index contributed by atoms with van der Waals surface area (Å²) in [6, 6.07) is 9.44. The molecule has 4 rings (SSSR count). The predicted molar refractivity (Wildman–Crippen MR) is 91.8 cm³/mol. The zero-order chi connectivity index (χ0) is 15.6. The molecular weight excluding hydrogens is 306 g/mol. The second-order valence-corrected chi connectivity index (χ2v) is 7.09. The number of hydrogen-bond acceptors (Lipinski definition) is 4. The van der Waals surface area contributed by atoms with Gasteiger partial charge in [0.25, 0.3) is 5.91 Å². The molecule has 4 nitrogen and oxygen atoms in total. The quantitative estimate of drug-likeness (QED) is 0.850. The summed E-state index contributed by atoms with van der Waals surface area (Å²) in [5, 5.41) is 1.84. The van der Waals surface area contributed by atoms with Gasteiger partial charge in [-0.25, -0.2) is 4.98 Å². The normalized spacial score (nSPS) is 21.9. The van der Waals surface area contributed by atoms with E-state index in [1.165, 1.54) is 35.3 Å². The van der Waals surface area contributed by atoms with Crippen LogP contribution < -0.4 is 0 Å². The first-order chi connectivity index (χ1) is 11.3. The van der Waals surface area contributed by atoms with E-state index in [1.54, 1.807) is 5.51 Å². The maximum atomic E-state index is 12.4. The van der Waals surface area contributed by atoms with E-state index < -0.39 is 0 Å². The summed E-state index contributed by atoms with van der Waals surface area (Å²) in [6.07, 6.45) is 3.56. The van der Waals surface area contributed by atoms with Crippen molar-refractivity contribution < 1.29 is 4.79 Å². The third-order valence-corrected chi connectivity index (χ3v) is 5.68. The van der Waals surface area contributed by atoms with Crippen LogP contribution >= 0.6 is 11.3 Å². The van der Waals surface area contributed by atoms with Crippen molar-refractivity contribution in [3.8, 4) is 0 Å². The number of fused-ring (bicyclic) bond motifs is 1. The second-order valence-electron chi connectivity index (χ2n) is 6.37. The van der Waals surface area contributed by atoms with E-state index in [9.17, 15) is 4.79 Å². The molecule has 23 heavy (non-hydrogen) atoms. The number of piperazine rings is 1. The Morgan fingerprint density at radius 1 is 1.13 bits per heavy atom. The van der Waals surface area contributed by atoms with Gasteiger partial charge in [0.15, 0.2) is 0 Å². The molecule has 0 unspecified atom stereocenters. The molecule has 2 aromatic rings. The number of thiazole rings is 1. The largest absolute Gasteiger partial charge is 0.335 e. The van der Waals surface area contributed by atoms with Crippen LogP contribution in [-0.4, -0.2) is 52.9 Å². The molecule has 1 fully saturated rings.